The molecule has 2 nitrogen and oxygen atoms in total. The Morgan fingerprint density at radius 3 is 2.50 bits per heavy atom. The third-order valence-corrected chi connectivity index (χ3v) is 3.48. The molecule has 2 heteroatoms. The summed E-state index contributed by atoms with van der Waals surface area (Å²) in [6, 6.07) is 0. The lowest BCUT2D eigenvalue weighted by Gasteiger charge is -2.30. The zero-order valence-corrected chi connectivity index (χ0v) is 9.29. The molecule has 0 fully saturated rings. The Morgan fingerprint density at radius 2 is 2.21 bits per heavy atom. The van der Waals surface area contributed by atoms with Crippen LogP contribution in [0.15, 0.2) is 23.3 Å². The molecule has 1 rings (SSSR count). The molecule has 1 aliphatic rings. The quantitative estimate of drug-likeness (QED) is 0.542. The average molecular weight is 194 g/mol. The molecule has 0 saturated carbocycles. The Labute approximate surface area is 85.3 Å². The van der Waals surface area contributed by atoms with Gasteiger partial charge in [-0.25, -0.2) is 4.79 Å². The number of hydrogen-bond acceptors (Lipinski definition) is 1. The number of carbonyl (C=O) groups is 1. The van der Waals surface area contributed by atoms with Gasteiger partial charge in [-0.05, 0) is 25.7 Å². The van der Waals surface area contributed by atoms with E-state index in [9.17, 15) is 4.79 Å². The second-order valence-corrected chi connectivity index (χ2v) is 4.45. The molecule has 78 valence electrons. The molecular formula is C12H18O2. The van der Waals surface area contributed by atoms with E-state index in [2.05, 4.69) is 26.8 Å². The van der Waals surface area contributed by atoms with E-state index in [4.69, 9.17) is 5.11 Å². The summed E-state index contributed by atoms with van der Waals surface area (Å²) in [5, 5.41) is 9.06. The summed E-state index contributed by atoms with van der Waals surface area (Å²) in [7, 11) is 0. The van der Waals surface area contributed by atoms with E-state index < -0.39 is 5.97 Å². The van der Waals surface area contributed by atoms with Gasteiger partial charge < -0.3 is 5.11 Å². The molecule has 0 aromatic rings. The first kappa shape index (κ1) is 11.0. The van der Waals surface area contributed by atoms with Gasteiger partial charge in [0.1, 0.15) is 0 Å². The van der Waals surface area contributed by atoms with Gasteiger partial charge in [0.2, 0.25) is 0 Å². The first-order valence-corrected chi connectivity index (χ1v) is 4.98. The van der Waals surface area contributed by atoms with E-state index in [0.29, 0.717) is 5.57 Å². The Bertz CT molecular complexity index is 308. The van der Waals surface area contributed by atoms with Crippen LogP contribution in [0.5, 0.6) is 0 Å². The molecule has 1 unspecified atom stereocenters. The van der Waals surface area contributed by atoms with Crippen molar-refractivity contribution in [3.05, 3.63) is 23.3 Å². The molecule has 0 aromatic heterocycles. The van der Waals surface area contributed by atoms with Crippen molar-refractivity contribution >= 4 is 5.97 Å². The summed E-state index contributed by atoms with van der Waals surface area (Å²) in [4.78, 5) is 11.0. The molecule has 0 bridgehead atoms. The minimum atomic E-state index is -0.784. The SMILES string of the molecule is CC=C(C(=O)O)C1CC=C(C)C1(C)C. The van der Waals surface area contributed by atoms with Crippen molar-refractivity contribution in [3.8, 4) is 0 Å². The van der Waals surface area contributed by atoms with Crippen LogP contribution in [0.2, 0.25) is 0 Å². The predicted octanol–water partition coefficient (Wildman–Crippen LogP) is 3.01. The van der Waals surface area contributed by atoms with Crippen LogP contribution in [0, 0.1) is 11.3 Å². The van der Waals surface area contributed by atoms with Crippen molar-refractivity contribution in [1.82, 2.24) is 0 Å². The summed E-state index contributed by atoms with van der Waals surface area (Å²) >= 11 is 0. The topological polar surface area (TPSA) is 37.3 Å². The fraction of sp³-hybridized carbons (Fsp3) is 0.583. The van der Waals surface area contributed by atoms with Gasteiger partial charge in [-0.2, -0.15) is 0 Å². The van der Waals surface area contributed by atoms with Crippen molar-refractivity contribution in [2.24, 2.45) is 11.3 Å². The van der Waals surface area contributed by atoms with E-state index >= 15 is 0 Å². The summed E-state index contributed by atoms with van der Waals surface area (Å²) in [5.74, 6) is -0.654. The van der Waals surface area contributed by atoms with Crippen molar-refractivity contribution in [1.29, 1.82) is 0 Å². The Hall–Kier alpha value is -1.05. The summed E-state index contributed by atoms with van der Waals surface area (Å²) in [6.45, 7) is 8.11. The van der Waals surface area contributed by atoms with Crippen molar-refractivity contribution < 1.29 is 9.90 Å². The predicted molar refractivity (Wildman–Crippen MR) is 57.0 cm³/mol. The molecule has 1 atom stereocenters. The molecule has 0 aromatic carbocycles. The number of carboxylic acid groups (broad SMARTS) is 1. The molecule has 0 aliphatic heterocycles. The Morgan fingerprint density at radius 1 is 1.64 bits per heavy atom. The number of carboxylic acids is 1. The monoisotopic (exact) mass is 194 g/mol. The van der Waals surface area contributed by atoms with Crippen LogP contribution in [0.3, 0.4) is 0 Å². The smallest absolute Gasteiger partial charge is 0.331 e. The standard InChI is InChI=1S/C12H18O2/c1-5-9(11(13)14)10-7-6-8(2)12(10,3)4/h5-6,10H,7H2,1-4H3,(H,13,14). The molecule has 1 aliphatic carbocycles. The van der Waals surface area contributed by atoms with Crippen molar-refractivity contribution in [2.75, 3.05) is 0 Å². The van der Waals surface area contributed by atoms with Crippen LogP contribution in [0.4, 0.5) is 0 Å². The van der Waals surface area contributed by atoms with E-state index in [0.717, 1.165) is 6.42 Å². The highest BCUT2D eigenvalue weighted by Crippen LogP contribution is 2.46. The van der Waals surface area contributed by atoms with Crippen LogP contribution >= 0.6 is 0 Å². The second-order valence-electron chi connectivity index (χ2n) is 4.45. The number of allylic oxidation sites excluding steroid dienone is 3. The molecule has 0 radical (unpaired) electrons. The van der Waals surface area contributed by atoms with Gasteiger partial charge in [0.15, 0.2) is 0 Å². The van der Waals surface area contributed by atoms with Gasteiger partial charge in [0, 0.05) is 11.5 Å². The van der Waals surface area contributed by atoms with Gasteiger partial charge in [-0.3, -0.25) is 0 Å². The van der Waals surface area contributed by atoms with Crippen LogP contribution < -0.4 is 0 Å². The molecule has 14 heavy (non-hydrogen) atoms. The van der Waals surface area contributed by atoms with Gasteiger partial charge in [0.05, 0.1) is 0 Å². The molecule has 0 spiro atoms. The van der Waals surface area contributed by atoms with E-state index in [-0.39, 0.29) is 11.3 Å². The van der Waals surface area contributed by atoms with Gasteiger partial charge >= 0.3 is 5.97 Å². The number of rotatable bonds is 2. The lowest BCUT2D eigenvalue weighted by atomic mass is 9.74. The van der Waals surface area contributed by atoms with E-state index in [1.54, 1.807) is 13.0 Å². The minimum Gasteiger partial charge on any atom is -0.478 e. The minimum absolute atomic E-state index is 0.0137. The number of aliphatic carboxylic acids is 1. The fourth-order valence-corrected chi connectivity index (χ4v) is 2.12. The molecule has 0 amide bonds. The average Bonchev–Trinajstić information content (AvgIpc) is 2.32. The molecule has 0 saturated heterocycles. The van der Waals surface area contributed by atoms with Crippen LogP contribution in [0.25, 0.3) is 0 Å². The maximum atomic E-state index is 11.0. The second kappa shape index (κ2) is 3.60. The zero-order valence-electron chi connectivity index (χ0n) is 9.29. The van der Waals surface area contributed by atoms with Gasteiger partial charge in [-0.15, -0.1) is 0 Å². The first-order chi connectivity index (χ1) is 6.41. The van der Waals surface area contributed by atoms with Gasteiger partial charge in [-0.1, -0.05) is 31.6 Å². The zero-order chi connectivity index (χ0) is 10.9. The third kappa shape index (κ3) is 1.61. The number of hydrogen-bond donors (Lipinski definition) is 1. The Kier molecular flexibility index (Phi) is 2.84. The highest BCUT2D eigenvalue weighted by molar-refractivity contribution is 5.87. The maximum absolute atomic E-state index is 11.0. The molecule has 1 N–H and O–H groups in total. The normalized spacial score (nSPS) is 26.1. The highest BCUT2D eigenvalue weighted by Gasteiger charge is 2.38. The lowest BCUT2D eigenvalue weighted by molar-refractivity contribution is -0.133. The van der Waals surface area contributed by atoms with Crippen molar-refractivity contribution in [2.45, 2.75) is 34.1 Å². The van der Waals surface area contributed by atoms with E-state index in [1.165, 1.54) is 5.57 Å². The molecular weight excluding hydrogens is 176 g/mol. The third-order valence-electron chi connectivity index (χ3n) is 3.48. The lowest BCUT2D eigenvalue weighted by Crippen LogP contribution is -2.25. The van der Waals surface area contributed by atoms with Crippen LogP contribution in [-0.4, -0.2) is 11.1 Å². The van der Waals surface area contributed by atoms with E-state index in [1.807, 2.05) is 0 Å². The largest absolute Gasteiger partial charge is 0.478 e. The summed E-state index contributed by atoms with van der Waals surface area (Å²) in [5.41, 5.74) is 1.83. The summed E-state index contributed by atoms with van der Waals surface area (Å²) in [6.07, 6.45) is 4.73. The highest BCUT2D eigenvalue weighted by atomic mass is 16.4. The maximum Gasteiger partial charge on any atom is 0.331 e. The Balaban J connectivity index is 2.99. The fourth-order valence-electron chi connectivity index (χ4n) is 2.12. The van der Waals surface area contributed by atoms with Crippen LogP contribution in [0.1, 0.15) is 34.1 Å². The van der Waals surface area contributed by atoms with Crippen molar-refractivity contribution in [3.63, 3.8) is 0 Å². The first-order valence-electron chi connectivity index (χ1n) is 4.98. The summed E-state index contributed by atoms with van der Waals surface area (Å²) < 4.78 is 0. The van der Waals surface area contributed by atoms with Crippen LogP contribution in [-0.2, 0) is 4.79 Å². The van der Waals surface area contributed by atoms with Gasteiger partial charge in [0.25, 0.3) is 0 Å². The molecule has 0 heterocycles.